The van der Waals surface area contributed by atoms with Gasteiger partial charge in [-0.2, -0.15) is 5.10 Å². The number of aryl methyl sites for hydroxylation is 1. The van der Waals surface area contributed by atoms with Crippen molar-refractivity contribution in [3.8, 4) is 5.69 Å². The van der Waals surface area contributed by atoms with Crippen LogP contribution in [-0.4, -0.2) is 51.6 Å². The second-order valence-corrected chi connectivity index (χ2v) is 7.30. The lowest BCUT2D eigenvalue weighted by molar-refractivity contribution is -0.139. The summed E-state index contributed by atoms with van der Waals surface area (Å²) >= 11 is 0. The number of carbonyl (C=O) groups is 1. The maximum atomic E-state index is 11.7. The Morgan fingerprint density at radius 1 is 1.39 bits per heavy atom. The molecule has 2 heterocycles. The summed E-state index contributed by atoms with van der Waals surface area (Å²) in [6.45, 7) is 4.81. The summed E-state index contributed by atoms with van der Waals surface area (Å²) in [7, 11) is 1.36. The highest BCUT2D eigenvalue weighted by Crippen LogP contribution is 2.34. The fraction of sp³-hybridized carbons (Fsp3) is 0.600. The van der Waals surface area contributed by atoms with Crippen molar-refractivity contribution in [1.82, 2.24) is 19.7 Å². The van der Waals surface area contributed by atoms with E-state index in [4.69, 9.17) is 20.2 Å². The first-order chi connectivity index (χ1) is 13.5. The summed E-state index contributed by atoms with van der Waals surface area (Å²) in [6, 6.07) is 1.86. The summed E-state index contributed by atoms with van der Waals surface area (Å²) < 4.78 is 12.5. The first-order valence-electron chi connectivity index (χ1n) is 9.84. The van der Waals surface area contributed by atoms with Crippen LogP contribution in [0.3, 0.4) is 0 Å². The third-order valence-electron chi connectivity index (χ3n) is 5.16. The average Bonchev–Trinajstić information content (AvgIpc) is 3.10. The maximum Gasteiger partial charge on any atom is 0.313 e. The Labute approximate surface area is 165 Å². The molecular weight excluding hydrogens is 358 g/mol. The monoisotopic (exact) mass is 387 g/mol. The van der Waals surface area contributed by atoms with Gasteiger partial charge in [-0.15, -0.1) is 0 Å². The number of esters is 1. The largest absolute Gasteiger partial charge is 0.469 e. The molecule has 28 heavy (non-hydrogen) atoms. The zero-order chi connectivity index (χ0) is 20.1. The summed E-state index contributed by atoms with van der Waals surface area (Å²) in [5, 5.41) is 4.60. The number of nitrogens with two attached hydrogens (primary N) is 1. The van der Waals surface area contributed by atoms with Gasteiger partial charge in [0.05, 0.1) is 18.9 Å². The Bertz CT molecular complexity index is 807. The van der Waals surface area contributed by atoms with Crippen molar-refractivity contribution in [3.05, 3.63) is 35.7 Å². The number of nitrogens with zero attached hydrogens (tertiary/aromatic N) is 4. The van der Waals surface area contributed by atoms with Crippen LogP contribution in [0.15, 0.2) is 18.5 Å². The average molecular weight is 387 g/mol. The van der Waals surface area contributed by atoms with Gasteiger partial charge in [0, 0.05) is 31.0 Å². The van der Waals surface area contributed by atoms with Crippen LogP contribution in [0.2, 0.25) is 0 Å². The Morgan fingerprint density at radius 2 is 2.21 bits per heavy atom. The second kappa shape index (κ2) is 9.25. The topological polar surface area (TPSA) is 105 Å². The molecule has 2 aromatic rings. The van der Waals surface area contributed by atoms with E-state index in [-0.39, 0.29) is 30.5 Å². The Morgan fingerprint density at radius 3 is 2.89 bits per heavy atom. The zero-order valence-corrected chi connectivity index (χ0v) is 16.8. The highest BCUT2D eigenvalue weighted by atomic mass is 16.5. The van der Waals surface area contributed by atoms with Crippen molar-refractivity contribution in [2.45, 2.75) is 64.0 Å². The van der Waals surface area contributed by atoms with E-state index in [2.05, 4.69) is 17.0 Å². The predicted molar refractivity (Wildman–Crippen MR) is 104 cm³/mol. The summed E-state index contributed by atoms with van der Waals surface area (Å²) in [6.07, 6.45) is 7.22. The molecule has 0 amide bonds. The van der Waals surface area contributed by atoms with Gasteiger partial charge in [-0.05, 0) is 44.2 Å². The maximum absolute atomic E-state index is 11.7. The van der Waals surface area contributed by atoms with Gasteiger partial charge in [-0.3, -0.25) is 9.78 Å². The molecule has 1 fully saturated rings. The van der Waals surface area contributed by atoms with Gasteiger partial charge in [0.1, 0.15) is 12.2 Å². The predicted octanol–water partition coefficient (Wildman–Crippen LogP) is 2.08. The second-order valence-electron chi connectivity index (χ2n) is 7.30. The van der Waals surface area contributed by atoms with Crippen LogP contribution in [0, 0.1) is 6.92 Å². The zero-order valence-electron chi connectivity index (χ0n) is 16.8. The van der Waals surface area contributed by atoms with Gasteiger partial charge in [0.25, 0.3) is 0 Å². The smallest absolute Gasteiger partial charge is 0.313 e. The van der Waals surface area contributed by atoms with Crippen LogP contribution in [-0.2, 0) is 20.7 Å². The molecular formula is C20H29N5O3. The third kappa shape index (κ3) is 4.56. The van der Waals surface area contributed by atoms with Crippen LogP contribution < -0.4 is 5.73 Å². The SMILES string of the molecule is CCCO[C@@H]1CC[C@H](c2nc(CC(=O)OC)nn2-c2ccncc2C)C[C@H]1N. The van der Waals surface area contributed by atoms with E-state index >= 15 is 0 Å². The number of ether oxygens (including phenoxy) is 2. The van der Waals surface area contributed by atoms with Crippen LogP contribution in [0.25, 0.3) is 5.69 Å². The van der Waals surface area contributed by atoms with E-state index in [0.29, 0.717) is 5.82 Å². The fourth-order valence-corrected chi connectivity index (χ4v) is 3.68. The van der Waals surface area contributed by atoms with Gasteiger partial charge < -0.3 is 15.2 Å². The quantitative estimate of drug-likeness (QED) is 0.725. The Kier molecular flexibility index (Phi) is 6.74. The van der Waals surface area contributed by atoms with Crippen LogP contribution in [0.4, 0.5) is 0 Å². The number of hydrogen-bond donors (Lipinski definition) is 1. The lowest BCUT2D eigenvalue weighted by atomic mass is 9.83. The molecule has 8 heteroatoms. The van der Waals surface area contributed by atoms with Crippen LogP contribution >= 0.6 is 0 Å². The minimum Gasteiger partial charge on any atom is -0.469 e. The molecule has 0 radical (unpaired) electrons. The summed E-state index contributed by atoms with van der Waals surface area (Å²) in [5.74, 6) is 1.08. The highest BCUT2D eigenvalue weighted by Gasteiger charge is 2.33. The molecule has 152 valence electrons. The van der Waals surface area contributed by atoms with E-state index < -0.39 is 0 Å². The summed E-state index contributed by atoms with van der Waals surface area (Å²) in [4.78, 5) is 20.6. The molecule has 2 N–H and O–H groups in total. The number of aromatic nitrogens is 4. The number of hydrogen-bond acceptors (Lipinski definition) is 7. The van der Waals surface area contributed by atoms with Crippen molar-refractivity contribution < 1.29 is 14.3 Å². The van der Waals surface area contributed by atoms with E-state index in [1.54, 1.807) is 12.4 Å². The molecule has 0 aliphatic heterocycles. The van der Waals surface area contributed by atoms with E-state index in [9.17, 15) is 4.79 Å². The number of rotatable bonds is 7. The third-order valence-corrected chi connectivity index (χ3v) is 5.16. The molecule has 8 nitrogen and oxygen atoms in total. The molecule has 2 aromatic heterocycles. The standard InChI is InChI=1S/C20H29N5O3/c1-4-9-28-17-6-5-14(10-15(17)21)20-23-18(11-19(26)27-3)24-25(20)16-7-8-22-12-13(16)2/h7-8,12,14-15,17H,4-6,9-11,21H2,1-3H3/t14-,15+,17+/m0/s1. The minimum atomic E-state index is -0.358. The molecule has 0 aromatic carbocycles. The van der Waals surface area contributed by atoms with Crippen molar-refractivity contribution in [2.75, 3.05) is 13.7 Å². The Hall–Kier alpha value is -2.32. The summed E-state index contributed by atoms with van der Waals surface area (Å²) in [5.41, 5.74) is 8.31. The lowest BCUT2D eigenvalue weighted by Gasteiger charge is -2.33. The molecule has 3 atom stereocenters. The molecule has 1 aliphatic carbocycles. The van der Waals surface area contributed by atoms with Gasteiger partial charge in [0.2, 0.25) is 0 Å². The molecule has 0 unspecified atom stereocenters. The number of carbonyl (C=O) groups excluding carboxylic acids is 1. The van der Waals surface area contributed by atoms with E-state index in [0.717, 1.165) is 49.4 Å². The van der Waals surface area contributed by atoms with Crippen molar-refractivity contribution in [1.29, 1.82) is 0 Å². The van der Waals surface area contributed by atoms with Crippen molar-refractivity contribution in [3.63, 3.8) is 0 Å². The van der Waals surface area contributed by atoms with E-state index in [1.165, 1.54) is 7.11 Å². The lowest BCUT2D eigenvalue weighted by Crippen LogP contribution is -2.42. The van der Waals surface area contributed by atoms with Gasteiger partial charge in [-0.25, -0.2) is 9.67 Å². The normalized spacial score (nSPS) is 22.2. The first-order valence-corrected chi connectivity index (χ1v) is 9.84. The molecule has 0 saturated heterocycles. The van der Waals surface area contributed by atoms with Crippen LogP contribution in [0.5, 0.6) is 0 Å². The molecule has 1 aliphatic rings. The molecule has 3 rings (SSSR count). The fourth-order valence-electron chi connectivity index (χ4n) is 3.68. The minimum absolute atomic E-state index is 0.0433. The van der Waals surface area contributed by atoms with E-state index in [1.807, 2.05) is 17.7 Å². The number of pyridine rings is 1. The molecule has 0 spiro atoms. The van der Waals surface area contributed by atoms with Crippen molar-refractivity contribution >= 4 is 5.97 Å². The highest BCUT2D eigenvalue weighted by molar-refractivity contribution is 5.71. The van der Waals surface area contributed by atoms with Gasteiger partial charge >= 0.3 is 5.97 Å². The van der Waals surface area contributed by atoms with Gasteiger partial charge in [0.15, 0.2) is 5.82 Å². The van der Waals surface area contributed by atoms with Crippen molar-refractivity contribution in [2.24, 2.45) is 5.73 Å². The Balaban J connectivity index is 1.89. The molecule has 0 bridgehead atoms. The molecule has 1 saturated carbocycles. The van der Waals surface area contributed by atoms with Crippen LogP contribution in [0.1, 0.15) is 55.7 Å². The number of methoxy groups -OCH3 is 1. The van der Waals surface area contributed by atoms with Gasteiger partial charge in [-0.1, -0.05) is 6.92 Å². The first kappa shape index (κ1) is 20.4.